The van der Waals surface area contributed by atoms with Crippen LogP contribution in [0.3, 0.4) is 0 Å². The summed E-state index contributed by atoms with van der Waals surface area (Å²) in [5.74, 6) is 2.40. The van der Waals surface area contributed by atoms with E-state index in [9.17, 15) is 0 Å². The monoisotopic (exact) mass is 236 g/mol. The van der Waals surface area contributed by atoms with Crippen LogP contribution in [0.15, 0.2) is 6.07 Å². The lowest BCUT2D eigenvalue weighted by molar-refractivity contribution is 0.232. The molecule has 1 aliphatic rings. The molecule has 0 saturated carbocycles. The van der Waals surface area contributed by atoms with Gasteiger partial charge >= 0.3 is 0 Å². The van der Waals surface area contributed by atoms with Gasteiger partial charge in [0, 0.05) is 32.2 Å². The first-order chi connectivity index (χ1) is 8.15. The molecule has 0 bridgehead atoms. The van der Waals surface area contributed by atoms with Gasteiger partial charge in [-0.1, -0.05) is 0 Å². The molecule has 5 nitrogen and oxygen atoms in total. The van der Waals surface area contributed by atoms with Crippen LogP contribution in [0.25, 0.3) is 0 Å². The zero-order valence-electron chi connectivity index (χ0n) is 10.7. The molecule has 0 unspecified atom stereocenters. The number of ether oxygens (including phenoxy) is 1. The van der Waals surface area contributed by atoms with Crippen LogP contribution >= 0.6 is 0 Å². The molecule has 2 heterocycles. The first-order valence-electron chi connectivity index (χ1n) is 6.13. The first kappa shape index (κ1) is 12.1. The van der Waals surface area contributed by atoms with Gasteiger partial charge in [0.05, 0.1) is 6.10 Å². The molecule has 1 aliphatic heterocycles. The summed E-state index contributed by atoms with van der Waals surface area (Å²) in [6.45, 7) is 9.88. The van der Waals surface area contributed by atoms with Crippen molar-refractivity contribution in [3.8, 4) is 5.88 Å². The summed E-state index contributed by atoms with van der Waals surface area (Å²) in [4.78, 5) is 11.0. The predicted molar refractivity (Wildman–Crippen MR) is 67.6 cm³/mol. The summed E-state index contributed by atoms with van der Waals surface area (Å²) < 4.78 is 5.63. The normalized spacial score (nSPS) is 16.4. The number of rotatable bonds is 3. The zero-order chi connectivity index (χ0) is 12.3. The molecular formula is C12H20N4O. The average molecular weight is 236 g/mol. The number of nitrogens with one attached hydrogen (secondary N) is 1. The maximum Gasteiger partial charge on any atom is 0.218 e. The van der Waals surface area contributed by atoms with Gasteiger partial charge in [0.2, 0.25) is 5.88 Å². The highest BCUT2D eigenvalue weighted by atomic mass is 16.5. The molecule has 0 radical (unpaired) electrons. The van der Waals surface area contributed by atoms with Gasteiger partial charge in [0.15, 0.2) is 0 Å². The summed E-state index contributed by atoms with van der Waals surface area (Å²) in [5.41, 5.74) is 0. The van der Waals surface area contributed by atoms with E-state index in [1.54, 1.807) is 0 Å². The maximum atomic E-state index is 5.63. The van der Waals surface area contributed by atoms with Crippen LogP contribution in [0.2, 0.25) is 0 Å². The van der Waals surface area contributed by atoms with Crippen molar-refractivity contribution in [1.82, 2.24) is 15.3 Å². The molecule has 1 N–H and O–H groups in total. The van der Waals surface area contributed by atoms with Gasteiger partial charge < -0.3 is 15.0 Å². The molecule has 0 atom stereocenters. The molecule has 2 rings (SSSR count). The minimum Gasteiger partial charge on any atom is -0.475 e. The van der Waals surface area contributed by atoms with Crippen LogP contribution in [0.5, 0.6) is 5.88 Å². The van der Waals surface area contributed by atoms with Crippen molar-refractivity contribution in [3.05, 3.63) is 11.9 Å². The van der Waals surface area contributed by atoms with Crippen molar-refractivity contribution < 1.29 is 4.74 Å². The quantitative estimate of drug-likeness (QED) is 0.848. The van der Waals surface area contributed by atoms with Gasteiger partial charge in [-0.25, -0.2) is 4.98 Å². The van der Waals surface area contributed by atoms with Gasteiger partial charge in [0.25, 0.3) is 0 Å². The highest BCUT2D eigenvalue weighted by molar-refractivity contribution is 5.42. The van der Waals surface area contributed by atoms with Crippen LogP contribution in [-0.4, -0.2) is 42.3 Å². The Labute approximate surface area is 102 Å². The minimum absolute atomic E-state index is 0.139. The SMILES string of the molecule is Cc1nc(OC(C)C)cc(N2CCNCC2)n1. The Kier molecular flexibility index (Phi) is 3.78. The molecule has 1 fully saturated rings. The molecule has 0 aromatic carbocycles. The van der Waals surface area contributed by atoms with Gasteiger partial charge in [-0.05, 0) is 20.8 Å². The van der Waals surface area contributed by atoms with Gasteiger partial charge in [-0.2, -0.15) is 4.98 Å². The zero-order valence-corrected chi connectivity index (χ0v) is 10.7. The van der Waals surface area contributed by atoms with Crippen LogP contribution in [0.1, 0.15) is 19.7 Å². The highest BCUT2D eigenvalue weighted by Gasteiger charge is 2.14. The Morgan fingerprint density at radius 3 is 2.65 bits per heavy atom. The first-order valence-corrected chi connectivity index (χ1v) is 6.13. The summed E-state index contributed by atoms with van der Waals surface area (Å²) in [6.07, 6.45) is 0.139. The second-order valence-corrected chi connectivity index (χ2v) is 4.52. The molecule has 1 saturated heterocycles. The van der Waals surface area contributed by atoms with E-state index in [-0.39, 0.29) is 6.10 Å². The van der Waals surface area contributed by atoms with Crippen LogP contribution in [-0.2, 0) is 0 Å². The van der Waals surface area contributed by atoms with Crippen LogP contribution in [0, 0.1) is 6.92 Å². The Morgan fingerprint density at radius 2 is 2.00 bits per heavy atom. The fraction of sp³-hybridized carbons (Fsp3) is 0.667. The van der Waals surface area contributed by atoms with Crippen molar-refractivity contribution in [2.75, 3.05) is 31.1 Å². The topological polar surface area (TPSA) is 50.3 Å². The Morgan fingerprint density at radius 1 is 1.29 bits per heavy atom. The van der Waals surface area contributed by atoms with Gasteiger partial charge in [0.1, 0.15) is 11.6 Å². The fourth-order valence-electron chi connectivity index (χ4n) is 1.88. The molecule has 0 aliphatic carbocycles. The molecule has 17 heavy (non-hydrogen) atoms. The maximum absolute atomic E-state index is 5.63. The number of aromatic nitrogens is 2. The van der Waals surface area contributed by atoms with Crippen LogP contribution in [0.4, 0.5) is 5.82 Å². The van der Waals surface area contributed by atoms with E-state index < -0.39 is 0 Å². The Balaban J connectivity index is 2.18. The molecule has 1 aromatic rings. The number of aryl methyl sites for hydroxylation is 1. The summed E-state index contributed by atoms with van der Waals surface area (Å²) in [7, 11) is 0. The largest absolute Gasteiger partial charge is 0.475 e. The van der Waals surface area contributed by atoms with E-state index >= 15 is 0 Å². The molecule has 94 valence electrons. The predicted octanol–water partition coefficient (Wildman–Crippen LogP) is 0.982. The summed E-state index contributed by atoms with van der Waals surface area (Å²) in [5, 5.41) is 3.33. The smallest absolute Gasteiger partial charge is 0.218 e. The minimum atomic E-state index is 0.139. The third kappa shape index (κ3) is 3.30. The van der Waals surface area contributed by atoms with E-state index in [1.165, 1.54) is 0 Å². The molecule has 5 heteroatoms. The van der Waals surface area contributed by atoms with Gasteiger partial charge in [-0.3, -0.25) is 0 Å². The number of hydrogen-bond donors (Lipinski definition) is 1. The van der Waals surface area contributed by atoms with Crippen molar-refractivity contribution >= 4 is 5.82 Å². The van der Waals surface area contributed by atoms with Crippen molar-refractivity contribution in [3.63, 3.8) is 0 Å². The summed E-state index contributed by atoms with van der Waals surface area (Å²) >= 11 is 0. The summed E-state index contributed by atoms with van der Waals surface area (Å²) in [6, 6.07) is 1.93. The van der Waals surface area contributed by atoms with Gasteiger partial charge in [-0.15, -0.1) is 0 Å². The Hall–Kier alpha value is -1.36. The third-order valence-corrected chi connectivity index (χ3v) is 2.60. The number of anilines is 1. The third-order valence-electron chi connectivity index (χ3n) is 2.60. The van der Waals surface area contributed by atoms with Crippen molar-refractivity contribution in [2.45, 2.75) is 26.9 Å². The molecular weight excluding hydrogens is 216 g/mol. The number of hydrogen-bond acceptors (Lipinski definition) is 5. The van der Waals surface area contributed by atoms with Crippen molar-refractivity contribution in [2.24, 2.45) is 0 Å². The van der Waals surface area contributed by atoms with Crippen molar-refractivity contribution in [1.29, 1.82) is 0 Å². The second kappa shape index (κ2) is 5.31. The van der Waals surface area contributed by atoms with E-state index in [0.717, 1.165) is 37.8 Å². The lowest BCUT2D eigenvalue weighted by Gasteiger charge is -2.28. The molecule has 1 aromatic heterocycles. The molecule has 0 amide bonds. The van der Waals surface area contributed by atoms with E-state index in [0.29, 0.717) is 5.88 Å². The second-order valence-electron chi connectivity index (χ2n) is 4.52. The highest BCUT2D eigenvalue weighted by Crippen LogP contribution is 2.18. The average Bonchev–Trinajstić information content (AvgIpc) is 2.28. The Bertz CT molecular complexity index is 375. The van der Waals surface area contributed by atoms with E-state index in [4.69, 9.17) is 4.74 Å². The fourth-order valence-corrected chi connectivity index (χ4v) is 1.88. The lowest BCUT2D eigenvalue weighted by atomic mass is 10.3. The van der Waals surface area contributed by atoms with E-state index in [1.807, 2.05) is 26.8 Å². The number of piperazine rings is 1. The standard InChI is InChI=1S/C12H20N4O/c1-9(2)17-12-8-11(14-10(3)15-12)16-6-4-13-5-7-16/h8-9,13H,4-7H2,1-3H3. The van der Waals surface area contributed by atoms with E-state index in [2.05, 4.69) is 20.2 Å². The lowest BCUT2D eigenvalue weighted by Crippen LogP contribution is -2.44. The van der Waals surface area contributed by atoms with Crippen LogP contribution < -0.4 is 15.0 Å². The molecule has 0 spiro atoms. The number of nitrogens with zero attached hydrogens (tertiary/aromatic N) is 3.